The Morgan fingerprint density at radius 3 is 2.47 bits per heavy atom. The SMILES string of the molecule is CCC1CCC(Nc2ccncc2)CC1. The van der Waals surface area contributed by atoms with Crippen molar-refractivity contribution in [1.29, 1.82) is 0 Å². The van der Waals surface area contributed by atoms with Gasteiger partial charge < -0.3 is 5.32 Å². The van der Waals surface area contributed by atoms with E-state index in [1.54, 1.807) is 0 Å². The number of nitrogens with one attached hydrogen (secondary N) is 1. The van der Waals surface area contributed by atoms with Crippen molar-refractivity contribution in [1.82, 2.24) is 4.98 Å². The predicted octanol–water partition coefficient (Wildman–Crippen LogP) is 3.46. The molecule has 1 heterocycles. The van der Waals surface area contributed by atoms with Crippen LogP contribution in [0.4, 0.5) is 5.69 Å². The summed E-state index contributed by atoms with van der Waals surface area (Å²) in [5.41, 5.74) is 1.21. The van der Waals surface area contributed by atoms with Crippen LogP contribution in [0.5, 0.6) is 0 Å². The van der Waals surface area contributed by atoms with Crippen molar-refractivity contribution in [3.8, 4) is 0 Å². The van der Waals surface area contributed by atoms with Crippen LogP contribution in [0.15, 0.2) is 24.5 Å². The molecule has 15 heavy (non-hydrogen) atoms. The highest BCUT2D eigenvalue weighted by Crippen LogP contribution is 2.28. The first-order valence-electron chi connectivity index (χ1n) is 6.05. The van der Waals surface area contributed by atoms with Gasteiger partial charge in [-0.05, 0) is 43.7 Å². The molecular weight excluding hydrogens is 184 g/mol. The van der Waals surface area contributed by atoms with Crippen LogP contribution in [0, 0.1) is 5.92 Å². The van der Waals surface area contributed by atoms with E-state index in [2.05, 4.69) is 17.2 Å². The first-order chi connectivity index (χ1) is 7.38. The Morgan fingerprint density at radius 1 is 1.20 bits per heavy atom. The maximum atomic E-state index is 4.02. The molecule has 0 saturated heterocycles. The Bertz CT molecular complexity index is 276. The van der Waals surface area contributed by atoms with Crippen molar-refractivity contribution in [2.24, 2.45) is 5.92 Å². The number of hydrogen-bond donors (Lipinski definition) is 1. The maximum Gasteiger partial charge on any atom is 0.0373 e. The Hall–Kier alpha value is -1.05. The standard InChI is InChI=1S/C13H20N2/c1-2-11-3-5-12(6-4-11)15-13-7-9-14-10-8-13/h7-12H,2-6H2,1H3,(H,14,15). The van der Waals surface area contributed by atoms with E-state index >= 15 is 0 Å². The van der Waals surface area contributed by atoms with Gasteiger partial charge in [-0.1, -0.05) is 13.3 Å². The molecule has 0 amide bonds. The molecule has 1 aromatic heterocycles. The third-order valence-corrected chi connectivity index (χ3v) is 3.48. The minimum absolute atomic E-state index is 0.676. The van der Waals surface area contributed by atoms with Gasteiger partial charge in [-0.3, -0.25) is 4.98 Å². The van der Waals surface area contributed by atoms with Crippen molar-refractivity contribution in [2.75, 3.05) is 5.32 Å². The monoisotopic (exact) mass is 204 g/mol. The third kappa shape index (κ3) is 2.95. The van der Waals surface area contributed by atoms with Gasteiger partial charge in [0.25, 0.3) is 0 Å². The molecule has 0 atom stereocenters. The quantitative estimate of drug-likeness (QED) is 0.815. The van der Waals surface area contributed by atoms with Crippen LogP contribution < -0.4 is 5.32 Å². The molecule has 1 aliphatic carbocycles. The van der Waals surface area contributed by atoms with E-state index in [1.807, 2.05) is 24.5 Å². The zero-order valence-electron chi connectivity index (χ0n) is 9.45. The van der Waals surface area contributed by atoms with E-state index in [0.717, 1.165) is 5.92 Å². The van der Waals surface area contributed by atoms with E-state index < -0.39 is 0 Å². The van der Waals surface area contributed by atoms with Crippen molar-refractivity contribution < 1.29 is 0 Å². The van der Waals surface area contributed by atoms with Gasteiger partial charge in [0, 0.05) is 24.1 Å². The van der Waals surface area contributed by atoms with Gasteiger partial charge in [-0.15, -0.1) is 0 Å². The second-order valence-electron chi connectivity index (χ2n) is 4.51. The summed E-state index contributed by atoms with van der Waals surface area (Å²) in [5.74, 6) is 0.973. The lowest BCUT2D eigenvalue weighted by Gasteiger charge is -2.29. The van der Waals surface area contributed by atoms with Gasteiger partial charge in [-0.2, -0.15) is 0 Å². The molecular formula is C13H20N2. The molecule has 1 N–H and O–H groups in total. The third-order valence-electron chi connectivity index (χ3n) is 3.48. The Balaban J connectivity index is 1.82. The number of rotatable bonds is 3. The van der Waals surface area contributed by atoms with Gasteiger partial charge in [0.05, 0.1) is 0 Å². The molecule has 0 bridgehead atoms. The largest absolute Gasteiger partial charge is 0.382 e. The fourth-order valence-corrected chi connectivity index (χ4v) is 2.40. The molecule has 82 valence electrons. The van der Waals surface area contributed by atoms with E-state index in [9.17, 15) is 0 Å². The lowest BCUT2D eigenvalue weighted by Crippen LogP contribution is -2.25. The van der Waals surface area contributed by atoms with Crippen LogP contribution in [0.3, 0.4) is 0 Å². The maximum absolute atomic E-state index is 4.02. The smallest absolute Gasteiger partial charge is 0.0373 e. The van der Waals surface area contributed by atoms with Crippen LogP contribution in [0.25, 0.3) is 0 Å². The summed E-state index contributed by atoms with van der Waals surface area (Å²) in [6.45, 7) is 2.31. The highest BCUT2D eigenvalue weighted by Gasteiger charge is 2.19. The topological polar surface area (TPSA) is 24.9 Å². The summed E-state index contributed by atoms with van der Waals surface area (Å²) in [4.78, 5) is 4.02. The zero-order chi connectivity index (χ0) is 10.5. The summed E-state index contributed by atoms with van der Waals surface area (Å²) < 4.78 is 0. The molecule has 0 spiro atoms. The first-order valence-corrected chi connectivity index (χ1v) is 6.05. The second-order valence-corrected chi connectivity index (χ2v) is 4.51. The van der Waals surface area contributed by atoms with Gasteiger partial charge in [-0.25, -0.2) is 0 Å². The molecule has 2 nitrogen and oxygen atoms in total. The number of pyridine rings is 1. The summed E-state index contributed by atoms with van der Waals surface area (Å²) in [5, 5.41) is 3.59. The summed E-state index contributed by atoms with van der Waals surface area (Å²) in [6, 6.07) is 4.77. The van der Waals surface area contributed by atoms with E-state index in [4.69, 9.17) is 0 Å². The van der Waals surface area contributed by atoms with Gasteiger partial charge >= 0.3 is 0 Å². The molecule has 0 aliphatic heterocycles. The van der Waals surface area contributed by atoms with Gasteiger partial charge in [0.1, 0.15) is 0 Å². The average Bonchev–Trinajstić information content (AvgIpc) is 2.31. The molecule has 1 aromatic rings. The molecule has 0 aromatic carbocycles. The number of hydrogen-bond acceptors (Lipinski definition) is 2. The lowest BCUT2D eigenvalue weighted by molar-refractivity contribution is 0.330. The molecule has 1 fully saturated rings. The van der Waals surface area contributed by atoms with Crippen molar-refractivity contribution in [3.05, 3.63) is 24.5 Å². The van der Waals surface area contributed by atoms with Crippen LogP contribution >= 0.6 is 0 Å². The van der Waals surface area contributed by atoms with E-state index in [0.29, 0.717) is 6.04 Å². The fourth-order valence-electron chi connectivity index (χ4n) is 2.40. The number of nitrogens with zero attached hydrogens (tertiary/aromatic N) is 1. The van der Waals surface area contributed by atoms with Crippen LogP contribution in [0.1, 0.15) is 39.0 Å². The Morgan fingerprint density at radius 2 is 1.87 bits per heavy atom. The minimum atomic E-state index is 0.676. The van der Waals surface area contributed by atoms with E-state index in [1.165, 1.54) is 37.8 Å². The highest BCUT2D eigenvalue weighted by atomic mass is 14.9. The molecule has 0 unspecified atom stereocenters. The first kappa shape index (κ1) is 10.5. The van der Waals surface area contributed by atoms with Crippen LogP contribution in [-0.2, 0) is 0 Å². The van der Waals surface area contributed by atoms with Crippen LogP contribution in [-0.4, -0.2) is 11.0 Å². The summed E-state index contributed by atoms with van der Waals surface area (Å²) >= 11 is 0. The van der Waals surface area contributed by atoms with Crippen molar-refractivity contribution >= 4 is 5.69 Å². The van der Waals surface area contributed by atoms with Crippen molar-refractivity contribution in [3.63, 3.8) is 0 Å². The van der Waals surface area contributed by atoms with Crippen LogP contribution in [0.2, 0.25) is 0 Å². The van der Waals surface area contributed by atoms with Gasteiger partial charge in [0.2, 0.25) is 0 Å². The number of anilines is 1. The van der Waals surface area contributed by atoms with Crippen molar-refractivity contribution in [2.45, 2.75) is 45.1 Å². The Kier molecular flexibility index (Phi) is 3.59. The zero-order valence-corrected chi connectivity index (χ0v) is 9.45. The molecule has 0 radical (unpaired) electrons. The normalized spacial score (nSPS) is 26.2. The summed E-state index contributed by atoms with van der Waals surface area (Å²) in [6.07, 6.45) is 10.5. The molecule has 2 rings (SSSR count). The fraction of sp³-hybridized carbons (Fsp3) is 0.615. The molecule has 1 aliphatic rings. The molecule has 2 heteroatoms. The Labute approximate surface area is 92.1 Å². The number of aromatic nitrogens is 1. The minimum Gasteiger partial charge on any atom is -0.382 e. The average molecular weight is 204 g/mol. The van der Waals surface area contributed by atoms with E-state index in [-0.39, 0.29) is 0 Å². The molecule has 1 saturated carbocycles. The van der Waals surface area contributed by atoms with Gasteiger partial charge in [0.15, 0.2) is 0 Å². The second kappa shape index (κ2) is 5.15. The highest BCUT2D eigenvalue weighted by molar-refractivity contribution is 5.41. The summed E-state index contributed by atoms with van der Waals surface area (Å²) in [7, 11) is 0. The predicted molar refractivity (Wildman–Crippen MR) is 63.9 cm³/mol. The lowest BCUT2D eigenvalue weighted by atomic mass is 9.84.